The van der Waals surface area contributed by atoms with Crippen LogP contribution in [0.25, 0.3) is 0 Å². The van der Waals surface area contributed by atoms with E-state index in [0.29, 0.717) is 64.4 Å². The normalized spacial score (nSPS) is 16.8. The molecule has 0 fully saturated rings. The predicted molar refractivity (Wildman–Crippen MR) is 85.6 cm³/mol. The minimum Gasteiger partial charge on any atom is -0.487 e. The van der Waals surface area contributed by atoms with Crippen molar-refractivity contribution in [2.75, 3.05) is 52.9 Å². The second kappa shape index (κ2) is 10.5. The zero-order chi connectivity index (χ0) is 16.2. The average molecular weight is 316 g/mol. The van der Waals surface area contributed by atoms with E-state index in [1.807, 2.05) is 18.2 Å². The van der Waals surface area contributed by atoms with E-state index in [2.05, 4.69) is 17.8 Å². The summed E-state index contributed by atoms with van der Waals surface area (Å²) in [7, 11) is 0. The molecule has 0 N–H and O–H groups in total. The van der Waals surface area contributed by atoms with E-state index in [9.17, 15) is 0 Å². The van der Waals surface area contributed by atoms with E-state index in [4.69, 9.17) is 30.1 Å². The third-order valence-electron chi connectivity index (χ3n) is 2.94. The molecule has 0 aromatic heterocycles. The standard InChI is InChI=1S/C18H20O5/c1-2-3-4-16-5-6-17-18(15-16)23-14-12-21-10-8-19-7-9-20-11-13-22-17/h1,5-6,15H,7-14H2. The highest BCUT2D eigenvalue weighted by atomic mass is 16.6. The lowest BCUT2D eigenvalue weighted by Gasteiger charge is -2.13. The zero-order valence-corrected chi connectivity index (χ0v) is 13.0. The molecule has 1 heterocycles. The first-order valence-corrected chi connectivity index (χ1v) is 7.49. The van der Waals surface area contributed by atoms with Crippen molar-refractivity contribution in [1.29, 1.82) is 0 Å². The maximum Gasteiger partial charge on any atom is 0.162 e. The third-order valence-corrected chi connectivity index (χ3v) is 2.94. The van der Waals surface area contributed by atoms with Crippen LogP contribution in [0.4, 0.5) is 0 Å². The minimum atomic E-state index is 0.416. The Hall–Kier alpha value is -2.18. The first-order valence-electron chi connectivity index (χ1n) is 7.49. The van der Waals surface area contributed by atoms with Gasteiger partial charge >= 0.3 is 0 Å². The number of fused-ring (bicyclic) bond motifs is 1. The SMILES string of the molecule is C#CC#Cc1ccc2c(c1)OCCOCCOCCOCCO2. The van der Waals surface area contributed by atoms with Crippen LogP contribution in [-0.2, 0) is 14.2 Å². The van der Waals surface area contributed by atoms with Gasteiger partial charge in [-0.3, -0.25) is 0 Å². The summed E-state index contributed by atoms with van der Waals surface area (Å²) in [6.45, 7) is 3.96. The molecule has 2 rings (SSSR count). The van der Waals surface area contributed by atoms with Crippen molar-refractivity contribution in [2.45, 2.75) is 0 Å². The molecule has 1 aromatic rings. The maximum atomic E-state index is 5.73. The number of rotatable bonds is 0. The van der Waals surface area contributed by atoms with Gasteiger partial charge in [0, 0.05) is 5.56 Å². The van der Waals surface area contributed by atoms with Crippen molar-refractivity contribution < 1.29 is 23.7 Å². The number of benzene rings is 1. The maximum absolute atomic E-state index is 5.73. The summed E-state index contributed by atoms with van der Waals surface area (Å²) < 4.78 is 27.7. The van der Waals surface area contributed by atoms with E-state index >= 15 is 0 Å². The predicted octanol–water partition coefficient (Wildman–Crippen LogP) is 1.49. The Labute approximate surface area is 136 Å². The zero-order valence-electron chi connectivity index (χ0n) is 13.0. The van der Waals surface area contributed by atoms with Gasteiger partial charge in [0.2, 0.25) is 0 Å². The van der Waals surface area contributed by atoms with Gasteiger partial charge < -0.3 is 23.7 Å². The molecule has 0 unspecified atom stereocenters. The van der Waals surface area contributed by atoms with E-state index in [-0.39, 0.29) is 0 Å². The topological polar surface area (TPSA) is 46.2 Å². The van der Waals surface area contributed by atoms with Gasteiger partial charge in [0.05, 0.1) is 39.6 Å². The molecule has 0 atom stereocenters. The summed E-state index contributed by atoms with van der Waals surface area (Å²) >= 11 is 0. The molecule has 1 aliphatic rings. The molecule has 1 aliphatic heterocycles. The van der Waals surface area contributed by atoms with Gasteiger partial charge in [-0.1, -0.05) is 5.92 Å². The van der Waals surface area contributed by atoms with Gasteiger partial charge in [-0.25, -0.2) is 0 Å². The van der Waals surface area contributed by atoms with Crippen molar-refractivity contribution >= 4 is 0 Å². The Morgan fingerprint density at radius 1 is 0.739 bits per heavy atom. The summed E-state index contributed by atoms with van der Waals surface area (Å²) in [5, 5.41) is 0. The van der Waals surface area contributed by atoms with Gasteiger partial charge in [-0.15, -0.1) is 6.42 Å². The average Bonchev–Trinajstić information content (AvgIpc) is 2.58. The lowest BCUT2D eigenvalue weighted by Crippen LogP contribution is -2.13. The summed E-state index contributed by atoms with van der Waals surface area (Å²) in [5.41, 5.74) is 0.772. The Bertz CT molecular complexity index is 579. The molecule has 1 aromatic carbocycles. The van der Waals surface area contributed by atoms with Crippen LogP contribution in [0.5, 0.6) is 11.5 Å². The number of terminal acetylenes is 1. The molecule has 23 heavy (non-hydrogen) atoms. The Morgan fingerprint density at radius 3 is 1.91 bits per heavy atom. The number of hydrogen-bond donors (Lipinski definition) is 0. The molecule has 0 saturated heterocycles. The van der Waals surface area contributed by atoms with Crippen molar-refractivity contribution in [2.24, 2.45) is 0 Å². The van der Waals surface area contributed by atoms with Gasteiger partial charge in [0.15, 0.2) is 11.5 Å². The molecule has 0 amide bonds. The summed E-state index contributed by atoms with van der Waals surface area (Å²) in [4.78, 5) is 0. The van der Waals surface area contributed by atoms with Gasteiger partial charge in [-0.2, -0.15) is 0 Å². The van der Waals surface area contributed by atoms with Crippen molar-refractivity contribution in [3.05, 3.63) is 23.8 Å². The summed E-state index contributed by atoms with van der Waals surface area (Å²) in [6.07, 6.45) is 5.15. The Morgan fingerprint density at radius 2 is 1.30 bits per heavy atom. The fourth-order valence-electron chi connectivity index (χ4n) is 1.89. The number of ether oxygens (including phenoxy) is 5. The highest BCUT2D eigenvalue weighted by molar-refractivity contribution is 5.49. The molecule has 0 bridgehead atoms. The summed E-state index contributed by atoms with van der Waals surface area (Å²) in [6, 6.07) is 5.46. The van der Waals surface area contributed by atoms with Gasteiger partial charge in [0.1, 0.15) is 13.2 Å². The van der Waals surface area contributed by atoms with Crippen LogP contribution in [0, 0.1) is 24.2 Å². The minimum absolute atomic E-state index is 0.416. The third kappa shape index (κ3) is 6.63. The largest absolute Gasteiger partial charge is 0.487 e. The fourth-order valence-corrected chi connectivity index (χ4v) is 1.89. The molecule has 5 nitrogen and oxygen atoms in total. The van der Waals surface area contributed by atoms with E-state index in [0.717, 1.165) is 5.56 Å². The van der Waals surface area contributed by atoms with Gasteiger partial charge in [0.25, 0.3) is 0 Å². The molecule has 0 saturated carbocycles. The molecule has 0 spiro atoms. The highest BCUT2D eigenvalue weighted by Gasteiger charge is 2.07. The van der Waals surface area contributed by atoms with Crippen LogP contribution < -0.4 is 9.47 Å². The van der Waals surface area contributed by atoms with E-state index < -0.39 is 0 Å². The molecule has 5 heteroatoms. The summed E-state index contributed by atoms with van der Waals surface area (Å²) in [5.74, 6) is 9.00. The lowest BCUT2D eigenvalue weighted by molar-refractivity contribution is 0.00708. The second-order valence-corrected chi connectivity index (χ2v) is 4.59. The fraction of sp³-hybridized carbons (Fsp3) is 0.444. The second-order valence-electron chi connectivity index (χ2n) is 4.59. The van der Waals surface area contributed by atoms with Gasteiger partial charge in [-0.05, 0) is 30.0 Å². The Kier molecular flexibility index (Phi) is 7.86. The van der Waals surface area contributed by atoms with Crippen molar-refractivity contribution in [3.63, 3.8) is 0 Å². The molecular formula is C18H20O5. The molecule has 122 valence electrons. The van der Waals surface area contributed by atoms with Crippen LogP contribution >= 0.6 is 0 Å². The molecule has 0 radical (unpaired) electrons. The smallest absolute Gasteiger partial charge is 0.162 e. The van der Waals surface area contributed by atoms with Crippen LogP contribution in [0.15, 0.2) is 18.2 Å². The van der Waals surface area contributed by atoms with E-state index in [1.165, 1.54) is 0 Å². The van der Waals surface area contributed by atoms with Crippen molar-refractivity contribution in [1.82, 2.24) is 0 Å². The monoisotopic (exact) mass is 316 g/mol. The Balaban J connectivity index is 2.04. The van der Waals surface area contributed by atoms with Crippen molar-refractivity contribution in [3.8, 4) is 35.7 Å². The van der Waals surface area contributed by atoms with Crippen LogP contribution in [0.1, 0.15) is 5.56 Å². The molecule has 0 aliphatic carbocycles. The highest BCUT2D eigenvalue weighted by Crippen LogP contribution is 2.28. The van der Waals surface area contributed by atoms with E-state index in [1.54, 1.807) is 0 Å². The van der Waals surface area contributed by atoms with Crippen LogP contribution in [0.3, 0.4) is 0 Å². The lowest BCUT2D eigenvalue weighted by atomic mass is 10.2. The first-order chi connectivity index (χ1) is 11.4. The van der Waals surface area contributed by atoms with Crippen LogP contribution in [-0.4, -0.2) is 52.9 Å². The molecular weight excluding hydrogens is 296 g/mol. The number of hydrogen-bond acceptors (Lipinski definition) is 5. The quantitative estimate of drug-likeness (QED) is 0.679. The van der Waals surface area contributed by atoms with Crippen LogP contribution in [0.2, 0.25) is 0 Å². The first kappa shape index (κ1) is 17.2.